The monoisotopic (exact) mass is 458 g/mol. The Hall–Kier alpha value is -3.10. The Morgan fingerprint density at radius 2 is 2.16 bits per heavy atom. The summed E-state index contributed by atoms with van der Waals surface area (Å²) in [6.45, 7) is 4.36. The van der Waals surface area contributed by atoms with Crippen LogP contribution in [0.3, 0.4) is 0 Å². The second-order valence-electron chi connectivity index (χ2n) is 7.44. The number of fused-ring (bicyclic) bond motifs is 3. The Kier molecular flexibility index (Phi) is 7.37. The summed E-state index contributed by atoms with van der Waals surface area (Å²) in [4.78, 5) is 4.28. The van der Waals surface area contributed by atoms with Crippen molar-refractivity contribution in [3.05, 3.63) is 70.3 Å². The third kappa shape index (κ3) is 4.87. The molecule has 0 radical (unpaired) electrons. The molecule has 0 spiro atoms. The second kappa shape index (κ2) is 10.0. The minimum atomic E-state index is -0.825. The molecule has 7 nitrogen and oxygen atoms in total. The predicted octanol–water partition coefficient (Wildman–Crippen LogP) is 3.66. The van der Waals surface area contributed by atoms with E-state index in [-0.39, 0.29) is 11.5 Å². The van der Waals surface area contributed by atoms with Crippen molar-refractivity contribution in [1.82, 2.24) is 15.6 Å². The molecule has 2 bridgehead atoms. The third-order valence-electron chi connectivity index (χ3n) is 5.22. The maximum atomic E-state index is 14.2. The molecular weight excluding hydrogens is 431 g/mol. The zero-order chi connectivity index (χ0) is 23.4. The lowest BCUT2D eigenvalue weighted by atomic mass is 9.90. The Morgan fingerprint density at radius 1 is 1.41 bits per heavy atom. The number of aromatic nitrogens is 1. The molecule has 2 aromatic rings. The Labute approximate surface area is 192 Å². The molecule has 2 atom stereocenters. The van der Waals surface area contributed by atoms with Gasteiger partial charge in [-0.05, 0) is 49.3 Å². The van der Waals surface area contributed by atoms with Gasteiger partial charge >= 0.3 is 0 Å². The summed E-state index contributed by atoms with van der Waals surface area (Å²) in [5, 5.41) is 15.2. The van der Waals surface area contributed by atoms with Gasteiger partial charge in [0.15, 0.2) is 11.6 Å². The first-order valence-electron chi connectivity index (χ1n) is 10.3. The molecule has 7 N–H and O–H groups in total. The molecule has 9 heteroatoms. The Morgan fingerprint density at radius 3 is 2.81 bits per heavy atom. The zero-order valence-electron chi connectivity index (χ0n) is 18.3. The molecule has 170 valence electrons. The predicted molar refractivity (Wildman–Crippen MR) is 127 cm³/mol. The van der Waals surface area contributed by atoms with Gasteiger partial charge in [-0.25, -0.2) is 9.37 Å². The number of hydrogen-bond donors (Lipinski definition) is 5. The van der Waals surface area contributed by atoms with Gasteiger partial charge in [0.2, 0.25) is 0 Å². The van der Waals surface area contributed by atoms with E-state index in [0.29, 0.717) is 52.2 Å². The van der Waals surface area contributed by atoms with Gasteiger partial charge in [-0.1, -0.05) is 0 Å². The molecule has 1 aliphatic heterocycles. The number of nitrogens with two attached hydrogens (primary N) is 2. The Bertz CT molecular complexity index is 1080. The van der Waals surface area contributed by atoms with Crippen LogP contribution in [0.5, 0.6) is 5.75 Å². The average Bonchev–Trinajstić information content (AvgIpc) is 2.75. The van der Waals surface area contributed by atoms with Crippen LogP contribution >= 0.6 is 11.6 Å². The van der Waals surface area contributed by atoms with Gasteiger partial charge in [0.25, 0.3) is 0 Å². The van der Waals surface area contributed by atoms with Crippen LogP contribution in [0.25, 0.3) is 5.70 Å². The van der Waals surface area contributed by atoms with Crippen LogP contribution in [0.4, 0.5) is 10.2 Å². The van der Waals surface area contributed by atoms with Crippen molar-refractivity contribution in [2.45, 2.75) is 31.9 Å². The number of pyridine rings is 1. The number of halogens is 2. The smallest absolute Gasteiger partial charge is 0.166 e. The number of alkyl halides is 1. The summed E-state index contributed by atoms with van der Waals surface area (Å²) >= 11 is 6.42. The van der Waals surface area contributed by atoms with Gasteiger partial charge in [0.1, 0.15) is 17.4 Å². The van der Waals surface area contributed by atoms with Crippen LogP contribution in [0.1, 0.15) is 43.1 Å². The van der Waals surface area contributed by atoms with E-state index >= 15 is 0 Å². The first-order valence-corrected chi connectivity index (χ1v) is 10.7. The minimum absolute atomic E-state index is 0.203. The second-order valence-corrected chi connectivity index (χ2v) is 7.91. The lowest BCUT2D eigenvalue weighted by Crippen LogP contribution is -2.25. The summed E-state index contributed by atoms with van der Waals surface area (Å²) in [7, 11) is 1.75. The molecule has 1 aromatic heterocycles. The van der Waals surface area contributed by atoms with Crippen LogP contribution in [0, 0.1) is 11.2 Å². The largest absolute Gasteiger partial charge is 0.482 e. The van der Waals surface area contributed by atoms with E-state index in [0.717, 1.165) is 0 Å². The van der Waals surface area contributed by atoms with Crippen molar-refractivity contribution >= 4 is 28.8 Å². The maximum absolute atomic E-state index is 14.2. The van der Waals surface area contributed by atoms with E-state index in [1.54, 1.807) is 38.5 Å². The first-order chi connectivity index (χ1) is 15.3. The number of hydrogen-bond acceptors (Lipinski definition) is 7. The highest BCUT2D eigenvalue weighted by Crippen LogP contribution is 2.34. The first kappa shape index (κ1) is 23.6. The van der Waals surface area contributed by atoms with E-state index in [1.165, 1.54) is 12.1 Å². The van der Waals surface area contributed by atoms with E-state index in [9.17, 15) is 4.39 Å². The molecule has 0 saturated carbocycles. The molecule has 2 heterocycles. The van der Waals surface area contributed by atoms with E-state index in [1.807, 2.05) is 6.92 Å². The van der Waals surface area contributed by atoms with Gasteiger partial charge in [0.05, 0.1) is 5.71 Å². The number of nitrogens with one attached hydrogen (secondary N) is 3. The SMILES string of the molecule is CCN/C1=C(\C(N)Cl)C/C(=C/NC)C(=N)c2ccc(F)cc2[C@@H](C)Oc2cc1cnc2N. The zero-order valence-corrected chi connectivity index (χ0v) is 19.1. The van der Waals surface area contributed by atoms with Crippen LogP contribution in [0.15, 0.2) is 47.8 Å². The summed E-state index contributed by atoms with van der Waals surface area (Å²) in [6.07, 6.45) is 3.05. The van der Waals surface area contributed by atoms with E-state index < -0.39 is 17.4 Å². The molecule has 3 rings (SSSR count). The van der Waals surface area contributed by atoms with Gasteiger partial charge in [-0.3, -0.25) is 5.41 Å². The fourth-order valence-corrected chi connectivity index (χ4v) is 3.89. The number of anilines is 1. The fraction of sp³-hybridized carbons (Fsp3) is 0.304. The molecule has 0 amide bonds. The highest BCUT2D eigenvalue weighted by molar-refractivity contribution is 6.22. The van der Waals surface area contributed by atoms with Crippen molar-refractivity contribution in [2.24, 2.45) is 5.73 Å². The Balaban J connectivity index is 2.34. The number of nitrogen functional groups attached to an aromatic ring is 1. The lowest BCUT2D eigenvalue weighted by Gasteiger charge is -2.25. The summed E-state index contributed by atoms with van der Waals surface area (Å²) in [5.74, 6) is 0.131. The van der Waals surface area contributed by atoms with Crippen molar-refractivity contribution in [3.63, 3.8) is 0 Å². The lowest BCUT2D eigenvalue weighted by molar-refractivity contribution is 0.227. The van der Waals surface area contributed by atoms with Crippen LogP contribution in [-0.2, 0) is 0 Å². The van der Waals surface area contributed by atoms with Gasteiger partial charge in [0, 0.05) is 54.8 Å². The van der Waals surface area contributed by atoms with Crippen molar-refractivity contribution in [2.75, 3.05) is 19.3 Å². The number of allylic oxidation sites excluding steroid dienone is 1. The average molecular weight is 459 g/mol. The summed E-state index contributed by atoms with van der Waals surface area (Å²) in [5.41, 5.74) is 15.4. The molecule has 1 unspecified atom stereocenters. The summed E-state index contributed by atoms with van der Waals surface area (Å²) in [6, 6.07) is 6.05. The maximum Gasteiger partial charge on any atom is 0.166 e. The summed E-state index contributed by atoms with van der Waals surface area (Å²) < 4.78 is 20.3. The standard InChI is InChI=1S/C23H28ClFN6O/c1-4-30-21-14-8-19(23(28)31-11-14)32-12(2)17-9-15(25)5-6-16(17)20(26)13(10-29-3)7-18(21)22(24)27/h5-6,8-12,22,26,29-30H,4,7,27H2,1-3H3,(H2,28,31)/b13-10-,21-18-,26-20?/t12-,22?/m1/s1. The van der Waals surface area contributed by atoms with Crippen molar-refractivity contribution in [3.8, 4) is 5.75 Å². The molecule has 0 fully saturated rings. The van der Waals surface area contributed by atoms with Crippen LogP contribution in [0.2, 0.25) is 0 Å². The quantitative estimate of drug-likeness (QED) is 0.352. The number of benzene rings is 1. The van der Waals surface area contributed by atoms with Crippen LogP contribution < -0.4 is 26.8 Å². The number of nitrogens with zero attached hydrogens (tertiary/aromatic N) is 1. The molecule has 1 aliphatic rings. The van der Waals surface area contributed by atoms with Gasteiger partial charge in [-0.15, -0.1) is 11.6 Å². The molecule has 1 aromatic carbocycles. The topological polar surface area (TPSA) is 122 Å². The van der Waals surface area contributed by atoms with Crippen molar-refractivity contribution < 1.29 is 9.13 Å². The fourth-order valence-electron chi connectivity index (χ4n) is 3.70. The molecule has 0 aliphatic carbocycles. The highest BCUT2D eigenvalue weighted by atomic mass is 35.5. The van der Waals surface area contributed by atoms with E-state index in [2.05, 4.69) is 15.6 Å². The van der Waals surface area contributed by atoms with Crippen LogP contribution in [-0.4, -0.2) is 29.8 Å². The minimum Gasteiger partial charge on any atom is -0.482 e. The van der Waals surface area contributed by atoms with Gasteiger partial charge in [-0.2, -0.15) is 0 Å². The van der Waals surface area contributed by atoms with E-state index in [4.69, 9.17) is 33.2 Å². The molecule has 0 saturated heterocycles. The third-order valence-corrected chi connectivity index (χ3v) is 5.49. The van der Waals surface area contributed by atoms with Crippen molar-refractivity contribution in [1.29, 1.82) is 5.41 Å². The molecule has 32 heavy (non-hydrogen) atoms. The molecular formula is C23H28ClFN6O. The highest BCUT2D eigenvalue weighted by Gasteiger charge is 2.24. The van der Waals surface area contributed by atoms with Gasteiger partial charge < -0.3 is 26.8 Å². The number of ether oxygens (including phenoxy) is 1. The number of rotatable bonds is 4. The normalized spacial score (nSPS) is 21.1.